The highest BCUT2D eigenvalue weighted by molar-refractivity contribution is 6.18. The van der Waals surface area contributed by atoms with Gasteiger partial charge in [-0.05, 0) is 49.7 Å². The smallest absolute Gasteiger partial charge is 0.533 e. The van der Waals surface area contributed by atoms with Crippen molar-refractivity contribution >= 4 is 7.69 Å². The Kier molecular flexibility index (Phi) is 6.98. The highest BCUT2D eigenvalue weighted by atomic mass is 16.6. The van der Waals surface area contributed by atoms with Crippen LogP contribution in [-0.4, -0.2) is 7.69 Å². The Labute approximate surface area is 118 Å². The zero-order valence-electron chi connectivity index (χ0n) is 11.9. The first kappa shape index (κ1) is 14.6. The van der Waals surface area contributed by atoms with Crippen LogP contribution in [0, 0.1) is 11.8 Å². The second-order valence-corrected chi connectivity index (χ2v) is 5.82. The van der Waals surface area contributed by atoms with E-state index in [1.807, 2.05) is 0 Å². The van der Waals surface area contributed by atoms with Crippen LogP contribution < -0.4 is 0 Å². The van der Waals surface area contributed by atoms with Crippen molar-refractivity contribution in [1.82, 2.24) is 0 Å². The number of rotatable bonds is 6. The summed E-state index contributed by atoms with van der Waals surface area (Å²) in [6, 6.07) is 0. The Bertz CT molecular complexity index is 248. The summed E-state index contributed by atoms with van der Waals surface area (Å²) >= 11 is 0. The van der Waals surface area contributed by atoms with Crippen molar-refractivity contribution in [2.24, 2.45) is 11.8 Å². The van der Waals surface area contributed by atoms with E-state index in [1.54, 1.807) is 12.5 Å². The molecule has 0 aromatic heterocycles. The molecule has 2 saturated carbocycles. The lowest BCUT2D eigenvalue weighted by atomic mass is 9.89. The normalized spacial score (nSPS) is 22.9. The van der Waals surface area contributed by atoms with Gasteiger partial charge in [-0.1, -0.05) is 38.5 Å². The Morgan fingerprint density at radius 2 is 1.05 bits per heavy atom. The molecular weight excluding hydrogens is 235 g/mol. The molecule has 2 aliphatic carbocycles. The predicted octanol–water partition coefficient (Wildman–Crippen LogP) is 4.74. The van der Waals surface area contributed by atoms with Gasteiger partial charge >= 0.3 is 7.69 Å². The maximum Gasteiger partial charge on any atom is 0.657 e. The van der Waals surface area contributed by atoms with Crippen molar-refractivity contribution in [3.63, 3.8) is 0 Å². The van der Waals surface area contributed by atoms with Crippen LogP contribution >= 0.6 is 0 Å². The quantitative estimate of drug-likeness (QED) is 0.390. The molecule has 0 bridgehead atoms. The lowest BCUT2D eigenvalue weighted by Crippen LogP contribution is -2.04. The summed E-state index contributed by atoms with van der Waals surface area (Å²) in [5.74, 6) is 1.42. The third kappa shape index (κ3) is 6.22. The minimum atomic E-state index is 0.708. The average Bonchev–Trinajstić information content (AvgIpc) is 2.48. The molecule has 3 heteroatoms. The van der Waals surface area contributed by atoms with Gasteiger partial charge in [-0.15, -0.1) is 0 Å². The zero-order chi connectivity index (χ0) is 13.2. The van der Waals surface area contributed by atoms with E-state index in [2.05, 4.69) is 12.2 Å². The SMILES string of the molecule is [B](OC=CC1CCCCC1)OC=CC1CCCCC1. The molecule has 105 valence electrons. The number of hydrogen-bond acceptors (Lipinski definition) is 2. The molecule has 0 amide bonds. The van der Waals surface area contributed by atoms with Crippen LogP contribution in [0.4, 0.5) is 0 Å². The van der Waals surface area contributed by atoms with Crippen molar-refractivity contribution in [3.05, 3.63) is 24.7 Å². The molecule has 0 unspecified atom stereocenters. The third-order valence-corrected chi connectivity index (χ3v) is 4.27. The van der Waals surface area contributed by atoms with Crippen LogP contribution in [0.2, 0.25) is 0 Å². The van der Waals surface area contributed by atoms with Crippen LogP contribution in [-0.2, 0) is 9.31 Å². The highest BCUT2D eigenvalue weighted by Crippen LogP contribution is 2.25. The molecule has 1 radical (unpaired) electrons. The second kappa shape index (κ2) is 9.11. The summed E-state index contributed by atoms with van der Waals surface area (Å²) < 4.78 is 10.5. The summed E-state index contributed by atoms with van der Waals surface area (Å²) in [6.07, 6.45) is 21.3. The van der Waals surface area contributed by atoms with Crippen molar-refractivity contribution in [3.8, 4) is 0 Å². The molecule has 0 atom stereocenters. The zero-order valence-corrected chi connectivity index (χ0v) is 11.9. The molecule has 0 N–H and O–H groups in total. The molecule has 0 aliphatic heterocycles. The Hall–Kier alpha value is -0.855. The van der Waals surface area contributed by atoms with Gasteiger partial charge in [0.25, 0.3) is 0 Å². The molecule has 0 aromatic carbocycles. The molecule has 0 heterocycles. The van der Waals surface area contributed by atoms with Gasteiger partial charge in [0.05, 0.1) is 12.5 Å². The standard InChI is InChI=1S/C16H26BO2/c1-3-7-15(8-4-1)11-13-18-17-19-14-12-16-9-5-2-6-10-16/h11-16H,1-10H2. The molecular formula is C16H26BO2. The van der Waals surface area contributed by atoms with Crippen LogP contribution in [0.3, 0.4) is 0 Å². The summed E-state index contributed by atoms with van der Waals surface area (Å²) in [6.45, 7) is 0. The van der Waals surface area contributed by atoms with Crippen LogP contribution in [0.15, 0.2) is 24.7 Å². The first-order chi connectivity index (χ1) is 9.45. The Morgan fingerprint density at radius 3 is 1.47 bits per heavy atom. The third-order valence-electron chi connectivity index (χ3n) is 4.27. The van der Waals surface area contributed by atoms with Gasteiger partial charge in [-0.2, -0.15) is 0 Å². The molecule has 19 heavy (non-hydrogen) atoms. The topological polar surface area (TPSA) is 18.5 Å². The summed E-state index contributed by atoms with van der Waals surface area (Å²) in [7, 11) is 1.42. The van der Waals surface area contributed by atoms with Gasteiger partial charge in [0.15, 0.2) is 0 Å². The Balaban J connectivity index is 1.49. The molecule has 2 aliphatic rings. The fraction of sp³-hybridized carbons (Fsp3) is 0.750. The van der Waals surface area contributed by atoms with Crippen molar-refractivity contribution in [2.75, 3.05) is 0 Å². The van der Waals surface area contributed by atoms with Crippen LogP contribution in [0.1, 0.15) is 64.2 Å². The lowest BCUT2D eigenvalue weighted by molar-refractivity contribution is 0.358. The van der Waals surface area contributed by atoms with E-state index in [-0.39, 0.29) is 0 Å². The van der Waals surface area contributed by atoms with Crippen LogP contribution in [0.5, 0.6) is 0 Å². The first-order valence-corrected chi connectivity index (χ1v) is 7.91. The van der Waals surface area contributed by atoms with E-state index in [1.165, 1.54) is 71.9 Å². The first-order valence-electron chi connectivity index (χ1n) is 7.91. The molecule has 2 nitrogen and oxygen atoms in total. The van der Waals surface area contributed by atoms with E-state index in [0.717, 1.165) is 0 Å². The van der Waals surface area contributed by atoms with Crippen molar-refractivity contribution in [2.45, 2.75) is 64.2 Å². The van der Waals surface area contributed by atoms with Crippen LogP contribution in [0.25, 0.3) is 0 Å². The maximum atomic E-state index is 5.25. The van der Waals surface area contributed by atoms with Gasteiger partial charge in [-0.3, -0.25) is 0 Å². The molecule has 0 aromatic rings. The largest absolute Gasteiger partial charge is 0.657 e. The van der Waals surface area contributed by atoms with Gasteiger partial charge < -0.3 is 9.31 Å². The van der Waals surface area contributed by atoms with Gasteiger partial charge in [0.2, 0.25) is 0 Å². The predicted molar refractivity (Wildman–Crippen MR) is 79.4 cm³/mol. The van der Waals surface area contributed by atoms with E-state index in [4.69, 9.17) is 9.31 Å². The van der Waals surface area contributed by atoms with E-state index in [9.17, 15) is 0 Å². The monoisotopic (exact) mass is 261 g/mol. The van der Waals surface area contributed by atoms with Gasteiger partial charge in [0.1, 0.15) is 0 Å². The highest BCUT2D eigenvalue weighted by Gasteiger charge is 2.10. The lowest BCUT2D eigenvalue weighted by Gasteiger charge is -2.17. The fourth-order valence-electron chi connectivity index (χ4n) is 3.06. The minimum absolute atomic E-state index is 0.708. The number of allylic oxidation sites excluding steroid dienone is 2. The van der Waals surface area contributed by atoms with Gasteiger partial charge in [0, 0.05) is 0 Å². The average molecular weight is 261 g/mol. The van der Waals surface area contributed by atoms with Gasteiger partial charge in [-0.25, -0.2) is 0 Å². The summed E-state index contributed by atoms with van der Waals surface area (Å²) in [4.78, 5) is 0. The van der Waals surface area contributed by atoms with E-state index < -0.39 is 0 Å². The molecule has 2 rings (SSSR count). The van der Waals surface area contributed by atoms with E-state index >= 15 is 0 Å². The number of hydrogen-bond donors (Lipinski definition) is 0. The maximum absolute atomic E-state index is 5.25. The second-order valence-electron chi connectivity index (χ2n) is 5.82. The summed E-state index contributed by atoms with van der Waals surface area (Å²) in [5.41, 5.74) is 0. The molecule has 2 fully saturated rings. The molecule has 0 saturated heterocycles. The summed E-state index contributed by atoms with van der Waals surface area (Å²) in [5, 5.41) is 0. The van der Waals surface area contributed by atoms with Crippen molar-refractivity contribution in [1.29, 1.82) is 0 Å². The molecule has 0 spiro atoms. The Morgan fingerprint density at radius 1 is 0.632 bits per heavy atom. The van der Waals surface area contributed by atoms with E-state index in [0.29, 0.717) is 11.8 Å². The fourth-order valence-corrected chi connectivity index (χ4v) is 3.06. The minimum Gasteiger partial charge on any atom is -0.533 e. The van der Waals surface area contributed by atoms with Crippen molar-refractivity contribution < 1.29 is 9.31 Å².